The van der Waals surface area contributed by atoms with Gasteiger partial charge in [-0.25, -0.2) is 9.37 Å². The number of rotatable bonds is 5. The lowest BCUT2D eigenvalue weighted by Crippen LogP contribution is -2.26. The zero-order chi connectivity index (χ0) is 19.7. The summed E-state index contributed by atoms with van der Waals surface area (Å²) in [6.45, 7) is 4.51. The topological polar surface area (TPSA) is 88.5 Å². The summed E-state index contributed by atoms with van der Waals surface area (Å²) in [5.74, 6) is -0.0538. The Hall–Kier alpha value is -3.55. The molecule has 0 unspecified atom stereocenters. The third-order valence-electron chi connectivity index (χ3n) is 4.70. The Balaban J connectivity index is 1.40. The van der Waals surface area contributed by atoms with E-state index in [4.69, 9.17) is 0 Å². The Morgan fingerprint density at radius 2 is 1.89 bits per heavy atom. The third-order valence-corrected chi connectivity index (χ3v) is 4.70. The van der Waals surface area contributed by atoms with Gasteiger partial charge in [0.25, 0.3) is 5.91 Å². The van der Waals surface area contributed by atoms with Crippen molar-refractivity contribution in [1.82, 2.24) is 30.0 Å². The molecular weight excluding hydrogens is 359 g/mol. The molecule has 2 aromatic heterocycles. The van der Waals surface area contributed by atoms with Crippen molar-refractivity contribution in [3.8, 4) is 5.69 Å². The van der Waals surface area contributed by atoms with Crippen LogP contribution in [0.5, 0.6) is 0 Å². The van der Waals surface area contributed by atoms with Crippen LogP contribution in [0.15, 0.2) is 43.0 Å². The van der Waals surface area contributed by atoms with Crippen molar-refractivity contribution in [1.29, 1.82) is 0 Å². The van der Waals surface area contributed by atoms with Crippen molar-refractivity contribution in [2.75, 3.05) is 6.54 Å². The number of aromatic amines is 1. The monoisotopic (exact) mass is 378 g/mol. The molecule has 0 saturated carbocycles. The Bertz CT molecular complexity index is 1110. The molecule has 28 heavy (non-hydrogen) atoms. The number of fused-ring (bicyclic) bond motifs is 1. The fraction of sp³-hybridized carbons (Fsp3) is 0.200. The molecule has 0 aliphatic heterocycles. The van der Waals surface area contributed by atoms with E-state index in [1.807, 2.05) is 6.07 Å². The van der Waals surface area contributed by atoms with Crippen LogP contribution in [0.3, 0.4) is 0 Å². The summed E-state index contributed by atoms with van der Waals surface area (Å²) in [5.41, 5.74) is 4.83. The summed E-state index contributed by atoms with van der Waals surface area (Å²) >= 11 is 0. The molecule has 4 rings (SSSR count). The first kappa shape index (κ1) is 17.8. The van der Waals surface area contributed by atoms with Crippen LogP contribution in [0.2, 0.25) is 0 Å². The predicted molar refractivity (Wildman–Crippen MR) is 103 cm³/mol. The normalized spacial score (nSPS) is 11.1. The molecule has 1 amide bonds. The highest BCUT2D eigenvalue weighted by Gasteiger charge is 2.11. The molecule has 0 radical (unpaired) electrons. The average molecular weight is 378 g/mol. The number of halogens is 1. The summed E-state index contributed by atoms with van der Waals surface area (Å²) in [6, 6.07) is 8.42. The Morgan fingerprint density at radius 3 is 2.64 bits per heavy atom. The van der Waals surface area contributed by atoms with Gasteiger partial charge in [-0.05, 0) is 55.3 Å². The van der Waals surface area contributed by atoms with Crippen LogP contribution in [0.25, 0.3) is 16.7 Å². The molecule has 2 heterocycles. The number of imidazole rings is 1. The standard InChI is InChI=1S/C20H19FN6O/c1-12-7-16-17(8-13(12)2)26-19(25-16)5-6-22-20(28)14-3-4-18(15(21)9-14)27-10-23-24-11-27/h3-4,7-11H,5-6H2,1-2H3,(H,22,28)(H,25,26). The largest absolute Gasteiger partial charge is 0.352 e. The van der Waals surface area contributed by atoms with Gasteiger partial charge in [0.1, 0.15) is 24.3 Å². The number of aromatic nitrogens is 5. The highest BCUT2D eigenvalue weighted by Crippen LogP contribution is 2.17. The second kappa shape index (κ2) is 7.22. The molecule has 8 heteroatoms. The maximum absolute atomic E-state index is 14.3. The zero-order valence-electron chi connectivity index (χ0n) is 15.5. The van der Waals surface area contributed by atoms with Gasteiger partial charge >= 0.3 is 0 Å². The van der Waals surface area contributed by atoms with Gasteiger partial charge in [-0.3, -0.25) is 9.36 Å². The quantitative estimate of drug-likeness (QED) is 0.559. The van der Waals surface area contributed by atoms with Crippen LogP contribution in [-0.2, 0) is 6.42 Å². The molecule has 0 aliphatic carbocycles. The number of nitrogens with one attached hydrogen (secondary N) is 2. The highest BCUT2D eigenvalue weighted by molar-refractivity contribution is 5.94. The predicted octanol–water partition coefficient (Wildman–Crippen LogP) is 2.87. The minimum Gasteiger partial charge on any atom is -0.352 e. The van der Waals surface area contributed by atoms with E-state index in [-0.39, 0.29) is 17.2 Å². The van der Waals surface area contributed by atoms with E-state index in [1.165, 1.54) is 40.5 Å². The molecule has 0 saturated heterocycles. The van der Waals surface area contributed by atoms with Gasteiger partial charge in [0, 0.05) is 18.5 Å². The lowest BCUT2D eigenvalue weighted by Gasteiger charge is -2.07. The fourth-order valence-corrected chi connectivity index (χ4v) is 3.02. The van der Waals surface area contributed by atoms with Gasteiger partial charge in [-0.15, -0.1) is 10.2 Å². The molecule has 0 fully saturated rings. The number of hydrogen-bond acceptors (Lipinski definition) is 4. The van der Waals surface area contributed by atoms with Gasteiger partial charge in [-0.1, -0.05) is 0 Å². The first-order valence-electron chi connectivity index (χ1n) is 8.90. The zero-order valence-corrected chi connectivity index (χ0v) is 15.5. The van der Waals surface area contributed by atoms with Crippen LogP contribution in [0.1, 0.15) is 27.3 Å². The van der Waals surface area contributed by atoms with Crippen LogP contribution >= 0.6 is 0 Å². The van der Waals surface area contributed by atoms with Gasteiger partial charge in [0.15, 0.2) is 0 Å². The van der Waals surface area contributed by atoms with Crippen molar-refractivity contribution >= 4 is 16.9 Å². The lowest BCUT2D eigenvalue weighted by atomic mass is 10.1. The van der Waals surface area contributed by atoms with Gasteiger partial charge in [0.2, 0.25) is 0 Å². The summed E-state index contributed by atoms with van der Waals surface area (Å²) < 4.78 is 15.7. The average Bonchev–Trinajstić information content (AvgIpc) is 3.32. The van der Waals surface area contributed by atoms with Crippen molar-refractivity contribution in [2.24, 2.45) is 0 Å². The maximum Gasteiger partial charge on any atom is 0.251 e. The van der Waals surface area contributed by atoms with Gasteiger partial charge in [-0.2, -0.15) is 0 Å². The SMILES string of the molecule is Cc1cc2nc(CCNC(=O)c3ccc(-n4cnnc4)c(F)c3)[nH]c2cc1C. The second-order valence-electron chi connectivity index (χ2n) is 6.68. The molecule has 0 aliphatic rings. The number of H-pyrrole nitrogens is 1. The summed E-state index contributed by atoms with van der Waals surface area (Å²) in [4.78, 5) is 20.1. The van der Waals surface area contributed by atoms with Crippen molar-refractivity contribution in [3.05, 3.63) is 71.3 Å². The molecule has 2 N–H and O–H groups in total. The molecule has 142 valence electrons. The van der Waals surface area contributed by atoms with E-state index in [9.17, 15) is 9.18 Å². The minimum absolute atomic E-state index is 0.255. The number of amides is 1. The van der Waals surface area contributed by atoms with Crippen LogP contribution in [0, 0.1) is 19.7 Å². The smallest absolute Gasteiger partial charge is 0.251 e. The van der Waals surface area contributed by atoms with E-state index in [1.54, 1.807) is 6.07 Å². The number of benzene rings is 2. The van der Waals surface area contributed by atoms with E-state index in [0.717, 1.165) is 16.9 Å². The number of aryl methyl sites for hydroxylation is 2. The molecule has 7 nitrogen and oxygen atoms in total. The Labute approximate surface area is 160 Å². The second-order valence-corrected chi connectivity index (χ2v) is 6.68. The molecule has 0 bridgehead atoms. The summed E-state index contributed by atoms with van der Waals surface area (Å²) in [5, 5.41) is 10.1. The fourth-order valence-electron chi connectivity index (χ4n) is 3.02. The number of carbonyl (C=O) groups excluding carboxylic acids is 1. The molecule has 0 atom stereocenters. The molecule has 2 aromatic carbocycles. The Kier molecular flexibility index (Phi) is 4.60. The molecule has 0 spiro atoms. The van der Waals surface area contributed by atoms with Crippen molar-refractivity contribution in [2.45, 2.75) is 20.3 Å². The lowest BCUT2D eigenvalue weighted by molar-refractivity contribution is 0.0953. The van der Waals surface area contributed by atoms with Crippen LogP contribution in [0.4, 0.5) is 4.39 Å². The first-order chi connectivity index (χ1) is 13.5. The number of carbonyl (C=O) groups is 1. The van der Waals surface area contributed by atoms with E-state index >= 15 is 0 Å². The molecular formula is C20H19FN6O. The minimum atomic E-state index is -0.518. The summed E-state index contributed by atoms with van der Waals surface area (Å²) in [6.07, 6.45) is 3.35. The van der Waals surface area contributed by atoms with E-state index in [0.29, 0.717) is 13.0 Å². The Morgan fingerprint density at radius 1 is 1.14 bits per heavy atom. The maximum atomic E-state index is 14.3. The third kappa shape index (κ3) is 3.48. The van der Waals surface area contributed by atoms with Crippen molar-refractivity contribution < 1.29 is 9.18 Å². The highest BCUT2D eigenvalue weighted by atomic mass is 19.1. The van der Waals surface area contributed by atoms with Crippen molar-refractivity contribution in [3.63, 3.8) is 0 Å². The van der Waals surface area contributed by atoms with Gasteiger partial charge in [0.05, 0.1) is 16.7 Å². The van der Waals surface area contributed by atoms with Gasteiger partial charge < -0.3 is 10.3 Å². The molecule has 4 aromatic rings. The summed E-state index contributed by atoms with van der Waals surface area (Å²) in [7, 11) is 0. The first-order valence-corrected chi connectivity index (χ1v) is 8.90. The van der Waals surface area contributed by atoms with E-state index in [2.05, 4.69) is 45.4 Å². The number of hydrogen-bond donors (Lipinski definition) is 2. The number of nitrogens with zero attached hydrogens (tertiary/aromatic N) is 4. The van der Waals surface area contributed by atoms with E-state index < -0.39 is 5.82 Å². The van der Waals surface area contributed by atoms with Crippen LogP contribution < -0.4 is 5.32 Å². The van der Waals surface area contributed by atoms with Crippen LogP contribution in [-0.4, -0.2) is 37.2 Å².